The fraction of sp³-hybridized carbons (Fsp3) is 0.0769. The molecule has 2 rings (SSSR count). The third-order valence-corrected chi connectivity index (χ3v) is 3.65. The van der Waals surface area contributed by atoms with E-state index in [1.54, 1.807) is 6.07 Å². The van der Waals surface area contributed by atoms with Gasteiger partial charge in [0.2, 0.25) is 0 Å². The lowest BCUT2D eigenvalue weighted by Crippen LogP contribution is -2.01. The summed E-state index contributed by atoms with van der Waals surface area (Å²) in [5.41, 5.74) is 1.93. The second-order valence-electron chi connectivity index (χ2n) is 3.57. The predicted octanol–water partition coefficient (Wildman–Crippen LogP) is 4.70. The zero-order chi connectivity index (χ0) is 12.3. The standard InChI is InChI=1S/C13H10ClFIN/c14-11-7-10(15)6-5-9(11)8-17-13-4-2-1-3-12(13)16/h1-7,17H,8H2. The minimum absolute atomic E-state index is 0.312. The molecule has 2 aromatic carbocycles. The Labute approximate surface area is 118 Å². The summed E-state index contributed by atoms with van der Waals surface area (Å²) in [6.45, 7) is 0.582. The van der Waals surface area contributed by atoms with E-state index in [1.165, 1.54) is 12.1 Å². The summed E-state index contributed by atoms with van der Waals surface area (Å²) in [5, 5.41) is 3.72. The molecule has 88 valence electrons. The van der Waals surface area contributed by atoms with Crippen LogP contribution in [0.3, 0.4) is 0 Å². The van der Waals surface area contributed by atoms with Gasteiger partial charge in [-0.25, -0.2) is 4.39 Å². The smallest absolute Gasteiger partial charge is 0.124 e. The Bertz CT molecular complexity index is 531. The lowest BCUT2D eigenvalue weighted by Gasteiger charge is -2.09. The van der Waals surface area contributed by atoms with Gasteiger partial charge in [-0.15, -0.1) is 0 Å². The van der Waals surface area contributed by atoms with Crippen LogP contribution >= 0.6 is 34.2 Å². The van der Waals surface area contributed by atoms with Gasteiger partial charge in [-0.05, 0) is 52.4 Å². The van der Waals surface area contributed by atoms with Crippen molar-refractivity contribution in [2.24, 2.45) is 0 Å². The molecule has 17 heavy (non-hydrogen) atoms. The third-order valence-electron chi connectivity index (χ3n) is 2.36. The van der Waals surface area contributed by atoms with Crippen LogP contribution in [0.5, 0.6) is 0 Å². The normalized spacial score (nSPS) is 10.3. The summed E-state index contributed by atoms with van der Waals surface area (Å²) < 4.78 is 14.0. The Kier molecular flexibility index (Phi) is 4.23. The van der Waals surface area contributed by atoms with Crippen LogP contribution in [0.15, 0.2) is 42.5 Å². The van der Waals surface area contributed by atoms with Gasteiger partial charge in [0.15, 0.2) is 0 Å². The average Bonchev–Trinajstić information content (AvgIpc) is 2.30. The van der Waals surface area contributed by atoms with Gasteiger partial charge in [-0.1, -0.05) is 29.8 Å². The summed E-state index contributed by atoms with van der Waals surface area (Å²) in [4.78, 5) is 0. The molecule has 0 radical (unpaired) electrons. The maximum Gasteiger partial charge on any atom is 0.124 e. The van der Waals surface area contributed by atoms with Crippen molar-refractivity contribution in [3.05, 3.63) is 62.4 Å². The first-order valence-corrected chi connectivity index (χ1v) is 6.55. The molecular weight excluding hydrogens is 352 g/mol. The van der Waals surface area contributed by atoms with E-state index in [0.29, 0.717) is 11.6 Å². The van der Waals surface area contributed by atoms with Gasteiger partial charge in [0.25, 0.3) is 0 Å². The van der Waals surface area contributed by atoms with Crippen LogP contribution in [0.4, 0.5) is 10.1 Å². The number of hydrogen-bond acceptors (Lipinski definition) is 1. The summed E-state index contributed by atoms with van der Waals surface area (Å²) in [6.07, 6.45) is 0. The summed E-state index contributed by atoms with van der Waals surface area (Å²) >= 11 is 8.22. The van der Waals surface area contributed by atoms with Gasteiger partial charge >= 0.3 is 0 Å². The Morgan fingerprint density at radius 2 is 1.94 bits per heavy atom. The van der Waals surface area contributed by atoms with Crippen molar-refractivity contribution in [1.29, 1.82) is 0 Å². The molecule has 0 bridgehead atoms. The van der Waals surface area contributed by atoms with Gasteiger partial charge in [-0.3, -0.25) is 0 Å². The molecule has 0 spiro atoms. The largest absolute Gasteiger partial charge is 0.380 e. The van der Waals surface area contributed by atoms with Crippen LogP contribution in [0.2, 0.25) is 5.02 Å². The van der Waals surface area contributed by atoms with E-state index in [0.717, 1.165) is 14.8 Å². The van der Waals surface area contributed by atoms with Crippen molar-refractivity contribution in [2.45, 2.75) is 6.54 Å². The number of hydrogen-bond donors (Lipinski definition) is 1. The van der Waals surface area contributed by atoms with Gasteiger partial charge in [0.05, 0.1) is 0 Å². The van der Waals surface area contributed by atoms with E-state index in [-0.39, 0.29) is 5.82 Å². The monoisotopic (exact) mass is 361 g/mol. The molecule has 0 amide bonds. The first-order valence-electron chi connectivity index (χ1n) is 5.09. The molecule has 0 aliphatic carbocycles. The highest BCUT2D eigenvalue weighted by Gasteiger charge is 2.03. The summed E-state index contributed by atoms with van der Waals surface area (Å²) in [7, 11) is 0. The number of benzene rings is 2. The zero-order valence-electron chi connectivity index (χ0n) is 8.88. The summed E-state index contributed by atoms with van der Waals surface area (Å²) in [5.74, 6) is -0.312. The first kappa shape index (κ1) is 12.6. The van der Waals surface area contributed by atoms with E-state index < -0.39 is 0 Å². The van der Waals surface area contributed by atoms with Crippen LogP contribution in [-0.2, 0) is 6.54 Å². The van der Waals surface area contributed by atoms with Gasteiger partial charge < -0.3 is 5.32 Å². The SMILES string of the molecule is Fc1ccc(CNc2ccccc2I)c(Cl)c1. The van der Waals surface area contributed by atoms with Gasteiger partial charge in [0, 0.05) is 20.8 Å². The molecule has 0 unspecified atom stereocenters. The molecule has 0 aromatic heterocycles. The molecule has 0 fully saturated rings. The van der Waals surface area contributed by atoms with E-state index in [2.05, 4.69) is 27.9 Å². The molecule has 0 saturated carbocycles. The van der Waals surface area contributed by atoms with Crippen molar-refractivity contribution < 1.29 is 4.39 Å². The summed E-state index contributed by atoms with van der Waals surface area (Å²) in [6, 6.07) is 12.4. The average molecular weight is 362 g/mol. The van der Waals surface area contributed by atoms with Crippen molar-refractivity contribution >= 4 is 39.9 Å². The highest BCUT2D eigenvalue weighted by atomic mass is 127. The van der Waals surface area contributed by atoms with Crippen molar-refractivity contribution in [3.8, 4) is 0 Å². The quantitative estimate of drug-likeness (QED) is 0.782. The molecule has 1 N–H and O–H groups in total. The molecule has 4 heteroatoms. The minimum atomic E-state index is -0.312. The number of anilines is 1. The Morgan fingerprint density at radius 3 is 2.65 bits per heavy atom. The molecular formula is C13H10ClFIN. The van der Waals surface area contributed by atoms with Crippen LogP contribution < -0.4 is 5.32 Å². The third kappa shape index (κ3) is 3.33. The maximum atomic E-state index is 12.9. The Hall–Kier alpha value is -0.810. The number of rotatable bonds is 3. The van der Waals surface area contributed by atoms with E-state index in [9.17, 15) is 4.39 Å². The number of halogens is 3. The maximum absolute atomic E-state index is 12.9. The van der Waals surface area contributed by atoms with E-state index >= 15 is 0 Å². The number of para-hydroxylation sites is 1. The second-order valence-corrected chi connectivity index (χ2v) is 5.14. The van der Waals surface area contributed by atoms with Gasteiger partial charge in [-0.2, -0.15) is 0 Å². The Morgan fingerprint density at radius 1 is 1.18 bits per heavy atom. The molecule has 0 atom stereocenters. The lowest BCUT2D eigenvalue weighted by molar-refractivity contribution is 0.627. The van der Waals surface area contributed by atoms with Crippen molar-refractivity contribution in [2.75, 3.05) is 5.32 Å². The minimum Gasteiger partial charge on any atom is -0.380 e. The molecule has 0 aliphatic heterocycles. The van der Waals surface area contributed by atoms with Crippen LogP contribution in [0, 0.1) is 9.39 Å². The van der Waals surface area contributed by atoms with Crippen LogP contribution in [0.1, 0.15) is 5.56 Å². The second kappa shape index (κ2) is 5.69. The molecule has 1 nitrogen and oxygen atoms in total. The molecule has 0 aliphatic rings. The van der Waals surface area contributed by atoms with Crippen molar-refractivity contribution in [3.63, 3.8) is 0 Å². The van der Waals surface area contributed by atoms with Crippen LogP contribution in [-0.4, -0.2) is 0 Å². The highest BCUT2D eigenvalue weighted by molar-refractivity contribution is 14.1. The predicted molar refractivity (Wildman–Crippen MR) is 77.9 cm³/mol. The Balaban J connectivity index is 2.10. The van der Waals surface area contributed by atoms with Gasteiger partial charge in [0.1, 0.15) is 5.82 Å². The zero-order valence-corrected chi connectivity index (χ0v) is 11.8. The lowest BCUT2D eigenvalue weighted by atomic mass is 10.2. The fourth-order valence-electron chi connectivity index (χ4n) is 1.46. The fourth-order valence-corrected chi connectivity index (χ4v) is 2.27. The highest BCUT2D eigenvalue weighted by Crippen LogP contribution is 2.21. The molecule has 0 saturated heterocycles. The topological polar surface area (TPSA) is 12.0 Å². The van der Waals surface area contributed by atoms with Crippen molar-refractivity contribution in [1.82, 2.24) is 0 Å². The first-order chi connectivity index (χ1) is 8.16. The van der Waals surface area contributed by atoms with E-state index in [1.807, 2.05) is 24.3 Å². The molecule has 2 aromatic rings. The van der Waals surface area contributed by atoms with E-state index in [4.69, 9.17) is 11.6 Å². The van der Waals surface area contributed by atoms with Crippen LogP contribution in [0.25, 0.3) is 0 Å². The number of nitrogens with one attached hydrogen (secondary N) is 1. The molecule has 0 heterocycles.